The maximum Gasteiger partial charge on any atom is 0.0505 e. The van der Waals surface area contributed by atoms with E-state index in [2.05, 4.69) is 29.6 Å². The summed E-state index contributed by atoms with van der Waals surface area (Å²) in [7, 11) is 0. The first-order valence-electron chi connectivity index (χ1n) is 6.28. The SMILES string of the molecule is Cl.OCC12CCCNC1c1ccccc1CC2. The molecule has 1 heterocycles. The number of fused-ring (bicyclic) bond motifs is 3. The molecule has 0 aromatic heterocycles. The van der Waals surface area contributed by atoms with E-state index in [-0.39, 0.29) is 17.8 Å². The lowest BCUT2D eigenvalue weighted by Crippen LogP contribution is -2.48. The lowest BCUT2D eigenvalue weighted by molar-refractivity contribution is 0.0347. The molecule has 2 atom stereocenters. The number of rotatable bonds is 1. The zero-order chi connectivity index (χ0) is 11.0. The molecule has 1 saturated heterocycles. The van der Waals surface area contributed by atoms with Crippen LogP contribution in [0.5, 0.6) is 0 Å². The maximum atomic E-state index is 9.76. The molecule has 0 saturated carbocycles. The first kappa shape index (κ1) is 12.9. The van der Waals surface area contributed by atoms with Crippen LogP contribution in [0.1, 0.15) is 36.4 Å². The van der Waals surface area contributed by atoms with Crippen LogP contribution in [0.2, 0.25) is 0 Å². The lowest BCUT2D eigenvalue weighted by Gasteiger charge is -2.47. The van der Waals surface area contributed by atoms with Gasteiger partial charge in [-0.1, -0.05) is 24.3 Å². The summed E-state index contributed by atoms with van der Waals surface area (Å²) in [5, 5.41) is 13.4. The van der Waals surface area contributed by atoms with E-state index < -0.39 is 0 Å². The van der Waals surface area contributed by atoms with Gasteiger partial charge in [0.25, 0.3) is 0 Å². The molecule has 94 valence electrons. The van der Waals surface area contributed by atoms with Crippen molar-refractivity contribution < 1.29 is 5.11 Å². The van der Waals surface area contributed by atoms with E-state index in [0.29, 0.717) is 12.6 Å². The van der Waals surface area contributed by atoms with Crippen LogP contribution in [0.4, 0.5) is 0 Å². The average molecular weight is 254 g/mol. The Labute approximate surface area is 109 Å². The number of aryl methyl sites for hydroxylation is 1. The number of aliphatic hydroxyl groups is 1. The standard InChI is InChI=1S/C14H19NO.ClH/c16-10-14-7-3-9-15-13(14)12-5-2-1-4-11(12)6-8-14;/h1-2,4-5,13,15-16H,3,6-10H2;1H. The third-order valence-electron chi connectivity index (χ3n) is 4.39. The van der Waals surface area contributed by atoms with Crippen LogP contribution in [0.15, 0.2) is 24.3 Å². The van der Waals surface area contributed by atoms with E-state index in [0.717, 1.165) is 25.8 Å². The molecular weight excluding hydrogens is 234 g/mol. The highest BCUT2D eigenvalue weighted by Gasteiger charge is 2.43. The largest absolute Gasteiger partial charge is 0.396 e. The Hall–Kier alpha value is -0.570. The van der Waals surface area contributed by atoms with Crippen LogP contribution in [-0.2, 0) is 6.42 Å². The van der Waals surface area contributed by atoms with Crippen molar-refractivity contribution in [3.63, 3.8) is 0 Å². The summed E-state index contributed by atoms with van der Waals surface area (Å²) in [5.41, 5.74) is 2.99. The molecule has 0 spiro atoms. The highest BCUT2D eigenvalue weighted by Crippen LogP contribution is 2.48. The van der Waals surface area contributed by atoms with Crippen LogP contribution >= 0.6 is 12.4 Å². The summed E-state index contributed by atoms with van der Waals surface area (Å²) in [6.07, 6.45) is 4.60. The van der Waals surface area contributed by atoms with Gasteiger partial charge in [-0.2, -0.15) is 0 Å². The van der Waals surface area contributed by atoms with Crippen molar-refractivity contribution >= 4 is 12.4 Å². The first-order valence-corrected chi connectivity index (χ1v) is 6.28. The van der Waals surface area contributed by atoms with Crippen LogP contribution < -0.4 is 5.32 Å². The fourth-order valence-corrected chi connectivity index (χ4v) is 3.43. The lowest BCUT2D eigenvalue weighted by atomic mass is 9.64. The van der Waals surface area contributed by atoms with Gasteiger partial charge >= 0.3 is 0 Å². The topological polar surface area (TPSA) is 32.3 Å². The molecule has 1 aromatic rings. The Bertz CT molecular complexity index is 396. The van der Waals surface area contributed by atoms with Crippen LogP contribution in [-0.4, -0.2) is 18.3 Å². The molecular formula is C14H20ClNO. The fourth-order valence-electron chi connectivity index (χ4n) is 3.43. The number of nitrogens with one attached hydrogen (secondary N) is 1. The molecule has 2 nitrogen and oxygen atoms in total. The van der Waals surface area contributed by atoms with Crippen molar-refractivity contribution in [2.45, 2.75) is 31.7 Å². The normalized spacial score (nSPS) is 31.0. The molecule has 0 amide bonds. The van der Waals surface area contributed by atoms with Crippen molar-refractivity contribution in [2.24, 2.45) is 5.41 Å². The highest BCUT2D eigenvalue weighted by atomic mass is 35.5. The second-order valence-corrected chi connectivity index (χ2v) is 5.21. The smallest absolute Gasteiger partial charge is 0.0505 e. The predicted molar refractivity (Wildman–Crippen MR) is 71.5 cm³/mol. The van der Waals surface area contributed by atoms with Gasteiger partial charge in [0, 0.05) is 11.5 Å². The molecule has 17 heavy (non-hydrogen) atoms. The second kappa shape index (κ2) is 4.97. The Morgan fingerprint density at radius 2 is 2.12 bits per heavy atom. The molecule has 1 aliphatic carbocycles. The van der Waals surface area contributed by atoms with Crippen molar-refractivity contribution in [3.05, 3.63) is 35.4 Å². The molecule has 1 aromatic carbocycles. The molecule has 1 fully saturated rings. The summed E-state index contributed by atoms with van der Waals surface area (Å²) >= 11 is 0. The van der Waals surface area contributed by atoms with Gasteiger partial charge in [-0.05, 0) is 43.4 Å². The van der Waals surface area contributed by atoms with E-state index >= 15 is 0 Å². The number of halogens is 1. The summed E-state index contributed by atoms with van der Waals surface area (Å²) in [6.45, 7) is 1.40. The first-order chi connectivity index (χ1) is 7.86. The Morgan fingerprint density at radius 3 is 2.94 bits per heavy atom. The van der Waals surface area contributed by atoms with Crippen LogP contribution in [0.25, 0.3) is 0 Å². The third kappa shape index (κ3) is 1.99. The summed E-state index contributed by atoms with van der Waals surface area (Å²) in [6, 6.07) is 9.06. The minimum atomic E-state index is 0. The second-order valence-electron chi connectivity index (χ2n) is 5.21. The maximum absolute atomic E-state index is 9.76. The van der Waals surface area contributed by atoms with Gasteiger partial charge in [0.15, 0.2) is 0 Å². The minimum absolute atomic E-state index is 0. The van der Waals surface area contributed by atoms with Gasteiger partial charge < -0.3 is 10.4 Å². The average Bonchev–Trinajstić information content (AvgIpc) is 2.38. The molecule has 0 radical (unpaired) electrons. The third-order valence-corrected chi connectivity index (χ3v) is 4.39. The van der Waals surface area contributed by atoms with E-state index in [4.69, 9.17) is 0 Å². The molecule has 0 bridgehead atoms. The molecule has 3 heteroatoms. The van der Waals surface area contributed by atoms with Crippen molar-refractivity contribution in [1.29, 1.82) is 0 Å². The Kier molecular flexibility index (Phi) is 3.76. The number of benzene rings is 1. The quantitative estimate of drug-likeness (QED) is 0.806. The van der Waals surface area contributed by atoms with Crippen molar-refractivity contribution in [2.75, 3.05) is 13.2 Å². The summed E-state index contributed by atoms with van der Waals surface area (Å²) in [4.78, 5) is 0. The molecule has 3 rings (SSSR count). The molecule has 2 unspecified atom stereocenters. The van der Waals surface area contributed by atoms with Crippen LogP contribution in [0.3, 0.4) is 0 Å². The Morgan fingerprint density at radius 1 is 1.29 bits per heavy atom. The highest BCUT2D eigenvalue weighted by molar-refractivity contribution is 5.85. The van der Waals surface area contributed by atoms with Crippen LogP contribution in [0, 0.1) is 5.41 Å². The monoisotopic (exact) mass is 253 g/mol. The zero-order valence-corrected chi connectivity index (χ0v) is 10.8. The van der Waals surface area contributed by atoms with Gasteiger partial charge in [0.2, 0.25) is 0 Å². The zero-order valence-electron chi connectivity index (χ0n) is 9.98. The van der Waals surface area contributed by atoms with E-state index in [9.17, 15) is 5.11 Å². The van der Waals surface area contributed by atoms with Crippen molar-refractivity contribution in [3.8, 4) is 0 Å². The molecule has 1 aliphatic heterocycles. The number of aliphatic hydroxyl groups excluding tert-OH is 1. The molecule has 2 aliphatic rings. The van der Waals surface area contributed by atoms with Gasteiger partial charge in [-0.15, -0.1) is 12.4 Å². The number of hydrogen-bond acceptors (Lipinski definition) is 2. The summed E-state index contributed by atoms with van der Waals surface area (Å²) < 4.78 is 0. The predicted octanol–water partition coefficient (Wildman–Crippen LogP) is 2.46. The number of hydrogen-bond donors (Lipinski definition) is 2. The van der Waals surface area contributed by atoms with Gasteiger partial charge in [0.05, 0.1) is 6.61 Å². The summed E-state index contributed by atoms with van der Waals surface area (Å²) in [5.74, 6) is 0. The van der Waals surface area contributed by atoms with E-state index in [1.54, 1.807) is 0 Å². The van der Waals surface area contributed by atoms with Crippen molar-refractivity contribution in [1.82, 2.24) is 5.32 Å². The van der Waals surface area contributed by atoms with E-state index in [1.165, 1.54) is 17.5 Å². The van der Waals surface area contributed by atoms with E-state index in [1.807, 2.05) is 0 Å². The number of piperidine rings is 1. The Balaban J connectivity index is 0.00000108. The van der Waals surface area contributed by atoms with Gasteiger partial charge in [-0.3, -0.25) is 0 Å². The minimum Gasteiger partial charge on any atom is -0.396 e. The fraction of sp³-hybridized carbons (Fsp3) is 0.571. The van der Waals surface area contributed by atoms with Gasteiger partial charge in [-0.25, -0.2) is 0 Å². The molecule has 2 N–H and O–H groups in total. The van der Waals surface area contributed by atoms with Gasteiger partial charge in [0.1, 0.15) is 0 Å².